The van der Waals surface area contributed by atoms with Crippen LogP contribution in [0.4, 0.5) is 11.4 Å². The van der Waals surface area contributed by atoms with E-state index in [1.807, 2.05) is 11.3 Å². The lowest BCUT2D eigenvalue weighted by atomic mass is 9.61. The number of rotatable bonds is 7. The lowest BCUT2D eigenvalue weighted by Crippen LogP contribution is -2.33. The molecular formula is C64H61NS. The van der Waals surface area contributed by atoms with Gasteiger partial charge in [0.25, 0.3) is 0 Å². The summed E-state index contributed by atoms with van der Waals surface area (Å²) in [5.74, 6) is 1.33. The molecule has 328 valence electrons. The average Bonchev–Trinajstić information content (AvgIpc) is 3.99. The van der Waals surface area contributed by atoms with Gasteiger partial charge < -0.3 is 4.90 Å². The fraction of sp³-hybridized carbons (Fsp3) is 0.312. The van der Waals surface area contributed by atoms with E-state index in [-0.39, 0.29) is 10.8 Å². The summed E-state index contributed by atoms with van der Waals surface area (Å²) in [6.07, 6.45) is 49.4. The van der Waals surface area contributed by atoms with E-state index < -0.39 is 0 Å². The second kappa shape index (κ2) is 16.0. The van der Waals surface area contributed by atoms with Crippen molar-refractivity contribution in [1.29, 1.82) is 0 Å². The predicted molar refractivity (Wildman–Crippen MR) is 284 cm³/mol. The third-order valence-corrected chi connectivity index (χ3v) is 18.4. The predicted octanol–water partition coefficient (Wildman–Crippen LogP) is 17.9. The van der Waals surface area contributed by atoms with Crippen LogP contribution in [0.1, 0.15) is 120 Å². The average molecular weight is 876 g/mol. The monoisotopic (exact) mass is 875 g/mol. The minimum absolute atomic E-state index is 0.00113. The van der Waals surface area contributed by atoms with Crippen LogP contribution in [0, 0.1) is 11.8 Å². The number of benzene rings is 4. The lowest BCUT2D eigenvalue weighted by molar-refractivity contribution is 0.372. The summed E-state index contributed by atoms with van der Waals surface area (Å²) < 4.78 is 2.85. The molecule has 66 heavy (non-hydrogen) atoms. The Balaban J connectivity index is 0.913. The molecule has 0 N–H and O–H groups in total. The first-order valence-electron chi connectivity index (χ1n) is 25.4. The molecule has 1 heterocycles. The van der Waals surface area contributed by atoms with Crippen molar-refractivity contribution < 1.29 is 0 Å². The van der Waals surface area contributed by atoms with Gasteiger partial charge in [0.1, 0.15) is 0 Å². The van der Waals surface area contributed by atoms with Gasteiger partial charge in [-0.15, -0.1) is 11.3 Å². The largest absolute Gasteiger partial charge is 0.335 e. The Morgan fingerprint density at radius 2 is 1.35 bits per heavy atom. The van der Waals surface area contributed by atoms with Crippen LogP contribution in [0.25, 0.3) is 42.4 Å². The van der Waals surface area contributed by atoms with Gasteiger partial charge in [0.15, 0.2) is 0 Å². The Hall–Kier alpha value is -5.70. The van der Waals surface area contributed by atoms with Crippen LogP contribution in [0.2, 0.25) is 0 Å². The van der Waals surface area contributed by atoms with Crippen molar-refractivity contribution in [3.63, 3.8) is 0 Å². The quantitative estimate of drug-likeness (QED) is 0.147. The van der Waals surface area contributed by atoms with E-state index in [0.29, 0.717) is 17.9 Å². The molecule has 0 radical (unpaired) electrons. The van der Waals surface area contributed by atoms with Crippen molar-refractivity contribution >= 4 is 54.0 Å². The van der Waals surface area contributed by atoms with Gasteiger partial charge in [-0.3, -0.25) is 0 Å². The van der Waals surface area contributed by atoms with Crippen LogP contribution in [0.15, 0.2) is 180 Å². The fourth-order valence-electron chi connectivity index (χ4n) is 14.0. The standard InChI is InChI=1S/C64H61NS/c1-63(2)56-27-14-12-23-51(56)52-38-37-49(41-59(52)63)65(47-33-29-43(30-34-47)42-17-6-3-7-18-42)48-35-31-44(32-36-48)50-25-16-26-53-54-39-40-58-60(62(54)66-61(50)53)55-24-13-15-28-57(55)64(58,45-19-8-4-9-20-45)46-21-10-5-11-22-46/h4-6,8,10,13-14,16-17,19,21,24-27,29,31-33,35-43,47H,3,7,9,11-12,15,18,20,22-23,28,30,34H2,1-2H3. The first-order valence-corrected chi connectivity index (χ1v) is 26.2. The van der Waals surface area contributed by atoms with Gasteiger partial charge in [-0.05, 0) is 170 Å². The summed E-state index contributed by atoms with van der Waals surface area (Å²) in [6, 6.07) is 29.5. The molecule has 8 aliphatic rings. The Kier molecular flexibility index (Phi) is 9.82. The zero-order valence-corrected chi connectivity index (χ0v) is 39.6. The molecule has 1 nitrogen and oxygen atoms in total. The molecule has 0 saturated carbocycles. The van der Waals surface area contributed by atoms with Gasteiger partial charge in [0.2, 0.25) is 0 Å². The first kappa shape index (κ1) is 40.6. The van der Waals surface area contributed by atoms with E-state index in [4.69, 9.17) is 0 Å². The number of hydrogen-bond donors (Lipinski definition) is 0. The molecule has 1 aromatic heterocycles. The third-order valence-electron chi connectivity index (χ3n) is 17.1. The van der Waals surface area contributed by atoms with Crippen molar-refractivity contribution in [3.05, 3.63) is 202 Å². The highest BCUT2D eigenvalue weighted by Crippen LogP contribution is 2.62. The van der Waals surface area contributed by atoms with E-state index in [9.17, 15) is 0 Å². The zero-order chi connectivity index (χ0) is 44.0. The molecule has 0 spiro atoms. The molecule has 0 bridgehead atoms. The van der Waals surface area contributed by atoms with Crippen molar-refractivity contribution in [1.82, 2.24) is 0 Å². The van der Waals surface area contributed by atoms with Crippen molar-refractivity contribution in [2.75, 3.05) is 4.90 Å². The maximum atomic E-state index is 2.67. The second-order valence-corrected chi connectivity index (χ2v) is 21.9. The van der Waals surface area contributed by atoms with Gasteiger partial charge >= 0.3 is 0 Å². The van der Waals surface area contributed by atoms with Crippen LogP contribution in [0.5, 0.6) is 0 Å². The summed E-state index contributed by atoms with van der Waals surface area (Å²) in [5, 5.41) is 2.77. The summed E-state index contributed by atoms with van der Waals surface area (Å²) in [5.41, 5.74) is 20.4. The Bertz CT molecular complexity index is 3120. The normalized spacial score (nSPS) is 24.4. The number of hydrogen-bond acceptors (Lipinski definition) is 2. The maximum absolute atomic E-state index is 2.67. The summed E-state index contributed by atoms with van der Waals surface area (Å²) >= 11 is 2.03. The fourth-order valence-corrected chi connectivity index (χ4v) is 15.4. The molecule has 13 rings (SSSR count). The van der Waals surface area contributed by atoms with Crippen LogP contribution in [-0.2, 0) is 10.8 Å². The number of fused-ring (bicyclic) bond motifs is 8. The maximum Gasteiger partial charge on any atom is 0.0603 e. The second-order valence-electron chi connectivity index (χ2n) is 20.9. The number of anilines is 2. The summed E-state index contributed by atoms with van der Waals surface area (Å²) in [6.45, 7) is 4.88. The molecule has 0 amide bonds. The van der Waals surface area contributed by atoms with E-state index >= 15 is 0 Å². The molecule has 0 aliphatic heterocycles. The van der Waals surface area contributed by atoms with Crippen LogP contribution in [0.3, 0.4) is 0 Å². The van der Waals surface area contributed by atoms with Crippen LogP contribution < -0.4 is 4.90 Å². The van der Waals surface area contributed by atoms with Gasteiger partial charge in [-0.2, -0.15) is 0 Å². The van der Waals surface area contributed by atoms with E-state index in [0.717, 1.165) is 57.8 Å². The molecule has 3 unspecified atom stereocenters. The first-order chi connectivity index (χ1) is 32.5. The molecule has 0 saturated heterocycles. The minimum atomic E-state index is -0.150. The van der Waals surface area contributed by atoms with Crippen molar-refractivity contribution in [3.8, 4) is 11.1 Å². The molecule has 8 aliphatic carbocycles. The third kappa shape index (κ3) is 6.16. The highest BCUT2D eigenvalue weighted by molar-refractivity contribution is 7.26. The number of allylic oxidation sites excluding steroid dienone is 19. The van der Waals surface area contributed by atoms with Crippen LogP contribution in [-0.4, -0.2) is 6.04 Å². The van der Waals surface area contributed by atoms with E-state index in [1.165, 1.54) is 102 Å². The molecule has 5 aromatic rings. The number of thiophene rings is 1. The SMILES string of the molecule is CC1(C)C2=C(CCC=C2)c2ccc(N(c3ccc(-c4cccc5c4sc4c6c(ccc45)C(C4=CC=CCC4)(C4=CC=CCC4)C4=C6C=CCC4)cc3)C3C=CC(C4C=CCCC4)CC3)cc21. The van der Waals surface area contributed by atoms with Gasteiger partial charge in [0.05, 0.1) is 11.5 Å². The van der Waals surface area contributed by atoms with Gasteiger partial charge in [-0.25, -0.2) is 0 Å². The van der Waals surface area contributed by atoms with Gasteiger partial charge in [-0.1, -0.05) is 159 Å². The molecule has 3 atom stereocenters. The van der Waals surface area contributed by atoms with E-state index in [1.54, 1.807) is 22.3 Å². The Morgan fingerprint density at radius 1 is 0.591 bits per heavy atom. The molecule has 4 aromatic carbocycles. The van der Waals surface area contributed by atoms with Crippen molar-refractivity contribution in [2.45, 2.75) is 114 Å². The minimum Gasteiger partial charge on any atom is -0.335 e. The topological polar surface area (TPSA) is 3.24 Å². The summed E-state index contributed by atoms with van der Waals surface area (Å²) in [7, 11) is 0. The van der Waals surface area contributed by atoms with E-state index in [2.05, 4.69) is 177 Å². The smallest absolute Gasteiger partial charge is 0.0603 e. The molecular weight excluding hydrogens is 815 g/mol. The molecule has 2 heteroatoms. The Labute approximate surface area is 396 Å². The highest BCUT2D eigenvalue weighted by Gasteiger charge is 2.50. The Morgan fingerprint density at radius 3 is 2.11 bits per heavy atom. The van der Waals surface area contributed by atoms with Crippen LogP contribution >= 0.6 is 11.3 Å². The number of nitrogens with zero attached hydrogens (tertiary/aromatic N) is 1. The van der Waals surface area contributed by atoms with Crippen molar-refractivity contribution in [2.24, 2.45) is 11.8 Å². The summed E-state index contributed by atoms with van der Waals surface area (Å²) in [4.78, 5) is 2.67. The lowest BCUT2D eigenvalue weighted by Gasteiger charge is -2.41. The van der Waals surface area contributed by atoms with Gasteiger partial charge in [0, 0.05) is 42.5 Å². The highest BCUT2D eigenvalue weighted by atomic mass is 32.1. The molecule has 0 fully saturated rings. The zero-order valence-electron chi connectivity index (χ0n) is 38.8.